The number of hydrogen-bond acceptors (Lipinski definition) is 1. The van der Waals surface area contributed by atoms with Gasteiger partial charge in [0.05, 0.1) is 5.70 Å². The Morgan fingerprint density at radius 3 is 2.15 bits per heavy atom. The molecule has 0 saturated carbocycles. The smallest absolute Gasteiger partial charge is 0.0658 e. The number of hydrogen-bond donors (Lipinski definition) is 0. The van der Waals surface area contributed by atoms with Crippen LogP contribution in [0.25, 0.3) is 38.7 Å². The van der Waals surface area contributed by atoms with E-state index in [-0.39, 0.29) is 0 Å². The number of aliphatic imine (C=N–C) groups is 1. The lowest BCUT2D eigenvalue weighted by Gasteiger charge is -2.13. The minimum atomic E-state index is 0.833. The Morgan fingerprint density at radius 2 is 1.39 bits per heavy atom. The van der Waals surface area contributed by atoms with Gasteiger partial charge in [0, 0.05) is 5.56 Å². The van der Waals surface area contributed by atoms with Crippen molar-refractivity contribution in [1.82, 2.24) is 0 Å². The minimum Gasteiger partial charge on any atom is -0.264 e. The van der Waals surface area contributed by atoms with Crippen molar-refractivity contribution in [3.05, 3.63) is 173 Å². The molecule has 0 spiro atoms. The highest BCUT2D eigenvalue weighted by Gasteiger charge is 2.24. The summed E-state index contributed by atoms with van der Waals surface area (Å²) in [6.45, 7) is 5.94. The number of benzene rings is 6. The molecule has 0 aliphatic heterocycles. The number of rotatable bonds is 5. The van der Waals surface area contributed by atoms with Crippen LogP contribution in [0.15, 0.2) is 151 Å². The molecule has 0 amide bonds. The first-order chi connectivity index (χ1) is 20.2. The molecule has 0 unspecified atom stereocenters. The summed E-state index contributed by atoms with van der Waals surface area (Å²) in [5, 5.41) is 2.62. The molecule has 0 bridgehead atoms. The Bertz CT molecular complexity index is 1850. The lowest BCUT2D eigenvalue weighted by Crippen LogP contribution is -1.90. The average Bonchev–Trinajstić information content (AvgIpc) is 3.42. The maximum Gasteiger partial charge on any atom is 0.0658 e. The van der Waals surface area contributed by atoms with E-state index in [0.29, 0.717) is 0 Å². The maximum absolute atomic E-state index is 4.37. The highest BCUT2D eigenvalue weighted by atomic mass is 14.7. The largest absolute Gasteiger partial charge is 0.264 e. The number of aryl methyl sites for hydroxylation is 1. The third-order valence-corrected chi connectivity index (χ3v) is 7.75. The van der Waals surface area contributed by atoms with E-state index in [0.717, 1.165) is 24.1 Å². The molecule has 0 fully saturated rings. The van der Waals surface area contributed by atoms with Gasteiger partial charge in [-0.25, -0.2) is 0 Å². The maximum atomic E-state index is 4.37. The van der Waals surface area contributed by atoms with Gasteiger partial charge in [-0.2, -0.15) is 0 Å². The van der Waals surface area contributed by atoms with Crippen molar-refractivity contribution in [2.24, 2.45) is 4.99 Å². The predicted octanol–water partition coefficient (Wildman–Crippen LogP) is 10.4. The Labute approximate surface area is 243 Å². The molecule has 0 saturated heterocycles. The van der Waals surface area contributed by atoms with E-state index in [1.807, 2.05) is 24.3 Å². The fourth-order valence-electron chi connectivity index (χ4n) is 5.73. The summed E-state index contributed by atoms with van der Waals surface area (Å²) in [5.41, 5.74) is 12.7. The molecule has 0 aromatic heterocycles. The molecule has 1 heteroatoms. The van der Waals surface area contributed by atoms with Gasteiger partial charge in [-0.3, -0.25) is 4.99 Å². The first-order valence-corrected chi connectivity index (χ1v) is 14.2. The molecule has 0 N–H and O–H groups in total. The highest BCUT2D eigenvalue weighted by molar-refractivity contribution is 6.05. The van der Waals surface area contributed by atoms with Gasteiger partial charge >= 0.3 is 0 Å². The summed E-state index contributed by atoms with van der Waals surface area (Å²) in [5.74, 6) is 0. The number of fused-ring (bicyclic) bond motifs is 5. The molecular weight excluding hydrogens is 494 g/mol. The summed E-state index contributed by atoms with van der Waals surface area (Å²) in [6.07, 6.45) is 3.98. The summed E-state index contributed by atoms with van der Waals surface area (Å²) < 4.78 is 0. The van der Waals surface area contributed by atoms with Crippen molar-refractivity contribution in [3.8, 4) is 22.3 Å². The molecule has 6 aromatic rings. The van der Waals surface area contributed by atoms with Gasteiger partial charge in [-0.15, -0.1) is 0 Å². The molecule has 7 rings (SSSR count). The van der Waals surface area contributed by atoms with Crippen LogP contribution >= 0.6 is 0 Å². The molecule has 0 atom stereocenters. The van der Waals surface area contributed by atoms with Crippen molar-refractivity contribution in [1.29, 1.82) is 0 Å². The van der Waals surface area contributed by atoms with Gasteiger partial charge in [0.2, 0.25) is 0 Å². The first kappa shape index (κ1) is 26.2. The zero-order chi connectivity index (χ0) is 28.0. The molecule has 1 nitrogen and oxygen atoms in total. The van der Waals surface area contributed by atoms with Gasteiger partial charge in [0.1, 0.15) is 0 Å². The summed E-state index contributed by atoms with van der Waals surface area (Å²) in [4.78, 5) is 4.37. The Hall–Kier alpha value is -5.01. The van der Waals surface area contributed by atoms with Crippen LogP contribution in [0.2, 0.25) is 0 Å². The molecule has 198 valence electrons. The normalized spacial score (nSPS) is 11.8. The van der Waals surface area contributed by atoms with Crippen LogP contribution in [-0.4, -0.2) is 6.72 Å². The Kier molecular flexibility index (Phi) is 7.69. The highest BCUT2D eigenvalue weighted by Crippen LogP contribution is 2.46. The van der Waals surface area contributed by atoms with E-state index in [9.17, 15) is 0 Å². The summed E-state index contributed by atoms with van der Waals surface area (Å²) >= 11 is 0. The van der Waals surface area contributed by atoms with E-state index >= 15 is 0 Å². The monoisotopic (exact) mass is 527 g/mol. The third kappa shape index (κ3) is 5.66. The fourth-order valence-corrected chi connectivity index (χ4v) is 5.73. The second-order valence-corrected chi connectivity index (χ2v) is 10.5. The quantitative estimate of drug-likeness (QED) is 0.197. The Morgan fingerprint density at radius 1 is 0.683 bits per heavy atom. The van der Waals surface area contributed by atoms with Crippen LogP contribution < -0.4 is 0 Å². The van der Waals surface area contributed by atoms with Gasteiger partial charge in [-0.1, -0.05) is 145 Å². The standard InChI is InChI=1S/C33H25N.C7H8/c1-34-31(20-17-23-9-3-2-4-10-23)26-13-7-12-25(21-26)30-16-8-14-27-22-28-19-18-24-11-5-6-15-29(24)33(28)32(27)30;1-7-5-3-2-4-6-7/h2-16,18-21H,1,17,22H2;2-6H,1H3/b31-20-;. The third-order valence-electron chi connectivity index (χ3n) is 7.75. The number of allylic oxidation sites excluding steroid dienone is 1. The summed E-state index contributed by atoms with van der Waals surface area (Å²) in [7, 11) is 0. The van der Waals surface area contributed by atoms with Gasteiger partial charge in [-0.05, 0) is 82.3 Å². The average molecular weight is 528 g/mol. The van der Waals surface area contributed by atoms with Crippen LogP contribution in [0.3, 0.4) is 0 Å². The zero-order valence-electron chi connectivity index (χ0n) is 23.4. The van der Waals surface area contributed by atoms with Crippen molar-refractivity contribution in [3.63, 3.8) is 0 Å². The van der Waals surface area contributed by atoms with Gasteiger partial charge in [0.15, 0.2) is 0 Å². The van der Waals surface area contributed by atoms with Crippen molar-refractivity contribution < 1.29 is 0 Å². The molecule has 1 aliphatic carbocycles. The second kappa shape index (κ2) is 12.0. The van der Waals surface area contributed by atoms with Crippen molar-refractivity contribution in [2.45, 2.75) is 19.8 Å². The van der Waals surface area contributed by atoms with Crippen LogP contribution in [0, 0.1) is 6.92 Å². The van der Waals surface area contributed by atoms with Crippen LogP contribution in [0.1, 0.15) is 27.8 Å². The first-order valence-electron chi connectivity index (χ1n) is 14.2. The minimum absolute atomic E-state index is 0.833. The van der Waals surface area contributed by atoms with E-state index in [1.165, 1.54) is 55.3 Å². The Balaban J connectivity index is 0.000000380. The van der Waals surface area contributed by atoms with Crippen molar-refractivity contribution in [2.75, 3.05) is 0 Å². The zero-order valence-corrected chi connectivity index (χ0v) is 23.4. The topological polar surface area (TPSA) is 12.4 Å². The van der Waals surface area contributed by atoms with E-state index in [4.69, 9.17) is 0 Å². The molecule has 0 radical (unpaired) electrons. The molecule has 41 heavy (non-hydrogen) atoms. The van der Waals surface area contributed by atoms with Crippen molar-refractivity contribution >= 4 is 23.2 Å². The molecule has 1 aliphatic rings. The van der Waals surface area contributed by atoms with Crippen LogP contribution in [-0.2, 0) is 12.8 Å². The SMILES string of the molecule is C=N/C(=C\Cc1ccccc1)c1cccc(-c2cccc3c2-c2c(ccc4ccccc24)C3)c1.Cc1ccccc1. The van der Waals surface area contributed by atoms with E-state index in [1.54, 1.807) is 0 Å². The van der Waals surface area contributed by atoms with Crippen LogP contribution in [0.4, 0.5) is 0 Å². The molecule has 0 heterocycles. The second-order valence-electron chi connectivity index (χ2n) is 10.5. The van der Waals surface area contributed by atoms with E-state index in [2.05, 4.69) is 140 Å². The van der Waals surface area contributed by atoms with Gasteiger partial charge < -0.3 is 0 Å². The lowest BCUT2D eigenvalue weighted by atomic mass is 9.90. The number of nitrogens with zero attached hydrogens (tertiary/aromatic N) is 1. The summed E-state index contributed by atoms with van der Waals surface area (Å²) in [6, 6.07) is 49.4. The van der Waals surface area contributed by atoms with Gasteiger partial charge in [0.25, 0.3) is 0 Å². The fraction of sp³-hybridized carbons (Fsp3) is 0.0750. The van der Waals surface area contributed by atoms with E-state index < -0.39 is 0 Å². The van der Waals surface area contributed by atoms with Crippen LogP contribution in [0.5, 0.6) is 0 Å². The molecular formula is C40H33N. The predicted molar refractivity (Wildman–Crippen MR) is 176 cm³/mol. The lowest BCUT2D eigenvalue weighted by molar-refractivity contribution is 1.26. The molecule has 6 aromatic carbocycles.